The van der Waals surface area contributed by atoms with Crippen LogP contribution in [-0.4, -0.2) is 52.8 Å². The van der Waals surface area contributed by atoms with Crippen molar-refractivity contribution in [2.24, 2.45) is 10.9 Å². The number of amides is 1. The summed E-state index contributed by atoms with van der Waals surface area (Å²) in [7, 11) is 1.71. The van der Waals surface area contributed by atoms with Crippen LogP contribution in [0.1, 0.15) is 12.5 Å². The van der Waals surface area contributed by atoms with Gasteiger partial charge in [0.2, 0.25) is 5.91 Å². The van der Waals surface area contributed by atoms with Gasteiger partial charge >= 0.3 is 5.97 Å². The van der Waals surface area contributed by atoms with Gasteiger partial charge in [-0.15, -0.1) is 0 Å². The van der Waals surface area contributed by atoms with Gasteiger partial charge in [0.15, 0.2) is 0 Å². The van der Waals surface area contributed by atoms with Gasteiger partial charge in [-0.1, -0.05) is 24.3 Å². The van der Waals surface area contributed by atoms with Crippen molar-refractivity contribution in [3.63, 3.8) is 0 Å². The Labute approximate surface area is 164 Å². The van der Waals surface area contributed by atoms with Crippen molar-refractivity contribution < 1.29 is 14.7 Å². The number of nitrogens with zero attached hydrogens (tertiary/aromatic N) is 3. The summed E-state index contributed by atoms with van der Waals surface area (Å²) in [5.41, 5.74) is 7.05. The van der Waals surface area contributed by atoms with Crippen molar-refractivity contribution in [2.75, 3.05) is 24.6 Å². The van der Waals surface area contributed by atoms with E-state index in [-0.39, 0.29) is 12.5 Å². The molecule has 2 rings (SSSR count). The molecule has 1 aromatic carbocycles. The van der Waals surface area contributed by atoms with E-state index in [9.17, 15) is 14.7 Å². The predicted molar refractivity (Wildman–Crippen MR) is 109 cm³/mol. The molecule has 0 radical (unpaired) electrons. The molecular formula is C20H25N5O3. The van der Waals surface area contributed by atoms with Crippen LogP contribution in [0.4, 0.5) is 11.5 Å². The number of nitrogens with one attached hydrogen (secondary N) is 1. The molecular weight excluding hydrogens is 358 g/mol. The molecule has 148 valence electrons. The Morgan fingerprint density at radius 3 is 2.61 bits per heavy atom. The number of nitrogen functional groups attached to an aromatic ring is 1. The summed E-state index contributed by atoms with van der Waals surface area (Å²) in [6.45, 7) is 1.84. The van der Waals surface area contributed by atoms with E-state index in [1.165, 1.54) is 6.34 Å². The lowest BCUT2D eigenvalue weighted by Crippen LogP contribution is -2.31. The highest BCUT2D eigenvalue weighted by Crippen LogP contribution is 2.16. The molecule has 1 aromatic heterocycles. The van der Waals surface area contributed by atoms with Gasteiger partial charge in [0.25, 0.3) is 0 Å². The number of anilines is 2. The Morgan fingerprint density at radius 1 is 1.29 bits per heavy atom. The molecule has 0 aliphatic rings. The van der Waals surface area contributed by atoms with E-state index in [0.29, 0.717) is 17.9 Å². The first-order chi connectivity index (χ1) is 13.3. The summed E-state index contributed by atoms with van der Waals surface area (Å²) in [4.78, 5) is 33.6. The molecule has 0 fully saturated rings. The number of carbonyl (C=O) groups is 2. The number of carboxylic acid groups (broad SMARTS) is 1. The first kappa shape index (κ1) is 20.9. The van der Waals surface area contributed by atoms with Crippen LogP contribution >= 0.6 is 0 Å². The number of benzene rings is 1. The average molecular weight is 383 g/mol. The maximum Gasteiger partial charge on any atom is 0.309 e. The minimum atomic E-state index is -0.939. The van der Waals surface area contributed by atoms with Gasteiger partial charge in [0.1, 0.15) is 5.82 Å². The molecule has 1 heterocycles. The smallest absolute Gasteiger partial charge is 0.309 e. The predicted octanol–water partition coefficient (Wildman–Crippen LogP) is 1.89. The van der Waals surface area contributed by atoms with E-state index in [0.717, 1.165) is 5.56 Å². The number of likely N-dealkylation sites (N-methyl/N-ethyl adjacent to an activating group) is 1. The summed E-state index contributed by atoms with van der Waals surface area (Å²) < 4.78 is 0. The summed E-state index contributed by atoms with van der Waals surface area (Å²) in [6, 6.07) is 12.1. The first-order valence-corrected chi connectivity index (χ1v) is 8.87. The van der Waals surface area contributed by atoms with E-state index >= 15 is 0 Å². The van der Waals surface area contributed by atoms with Crippen LogP contribution in [0.5, 0.6) is 0 Å². The Kier molecular flexibility index (Phi) is 7.50. The number of nitrogens with two attached hydrogens (primary N) is 1. The zero-order chi connectivity index (χ0) is 20.5. The van der Waals surface area contributed by atoms with Crippen molar-refractivity contribution in [1.29, 1.82) is 0 Å². The van der Waals surface area contributed by atoms with E-state index in [4.69, 9.17) is 5.73 Å². The van der Waals surface area contributed by atoms with Crippen LogP contribution in [0.3, 0.4) is 0 Å². The number of aromatic nitrogens is 1. The Morgan fingerprint density at radius 2 is 2.00 bits per heavy atom. The number of carbonyl (C=O) groups excluding carboxylic acids is 1. The molecule has 0 saturated carbocycles. The van der Waals surface area contributed by atoms with Crippen LogP contribution in [-0.2, 0) is 16.0 Å². The number of rotatable bonds is 9. The summed E-state index contributed by atoms with van der Waals surface area (Å²) in [5.74, 6) is -1.45. The quantitative estimate of drug-likeness (QED) is 0.449. The van der Waals surface area contributed by atoms with Crippen molar-refractivity contribution in [3.05, 3.63) is 54.2 Å². The largest absolute Gasteiger partial charge is 0.481 e. The lowest BCUT2D eigenvalue weighted by Gasteiger charge is -2.18. The van der Waals surface area contributed by atoms with Crippen molar-refractivity contribution in [1.82, 2.24) is 9.88 Å². The number of para-hydroxylation sites is 1. The van der Waals surface area contributed by atoms with Gasteiger partial charge in [0, 0.05) is 18.9 Å². The molecule has 2 atom stereocenters. The van der Waals surface area contributed by atoms with Crippen LogP contribution < -0.4 is 11.1 Å². The van der Waals surface area contributed by atoms with E-state index in [1.807, 2.05) is 18.2 Å². The normalized spacial score (nSPS) is 13.1. The molecule has 0 saturated heterocycles. The van der Waals surface area contributed by atoms with Crippen molar-refractivity contribution in [3.8, 4) is 0 Å². The molecule has 2 unspecified atom stereocenters. The van der Waals surface area contributed by atoms with Crippen LogP contribution in [0.15, 0.2) is 53.7 Å². The lowest BCUT2D eigenvalue weighted by atomic mass is 9.94. The van der Waals surface area contributed by atoms with Crippen molar-refractivity contribution in [2.45, 2.75) is 19.4 Å². The fraction of sp³-hybridized carbons (Fsp3) is 0.300. The zero-order valence-corrected chi connectivity index (χ0v) is 15.9. The number of pyridine rings is 1. The summed E-state index contributed by atoms with van der Waals surface area (Å²) in [6.07, 6.45) is 3.35. The highest BCUT2D eigenvalue weighted by molar-refractivity contribution is 5.93. The second-order valence-corrected chi connectivity index (χ2v) is 6.57. The Hall–Kier alpha value is -3.42. The molecule has 1 amide bonds. The molecule has 0 aliphatic carbocycles. The van der Waals surface area contributed by atoms with Gasteiger partial charge in [-0.25, -0.2) is 4.98 Å². The number of hydrogen-bond acceptors (Lipinski definition) is 5. The zero-order valence-electron chi connectivity index (χ0n) is 15.9. The summed E-state index contributed by atoms with van der Waals surface area (Å²) >= 11 is 0. The molecule has 8 heteroatoms. The topological polar surface area (TPSA) is 121 Å². The average Bonchev–Trinajstić information content (AvgIpc) is 2.66. The molecule has 0 bridgehead atoms. The van der Waals surface area contributed by atoms with Gasteiger partial charge in [-0.05, 0) is 37.1 Å². The molecule has 8 nitrogen and oxygen atoms in total. The number of aliphatic imine (C=N–C) groups is 1. The SMILES string of the molecule is CC(N=CN(C)CC(=O)Nc1ccccc1)C(Cc1ccc(N)nc1)C(=O)O. The highest BCUT2D eigenvalue weighted by atomic mass is 16.4. The third kappa shape index (κ3) is 6.71. The second kappa shape index (κ2) is 10.1. The van der Waals surface area contributed by atoms with Gasteiger partial charge in [0.05, 0.1) is 24.8 Å². The monoisotopic (exact) mass is 383 g/mol. The van der Waals surface area contributed by atoms with Gasteiger partial charge in [-0.2, -0.15) is 0 Å². The van der Waals surface area contributed by atoms with Crippen LogP contribution in [0, 0.1) is 5.92 Å². The van der Waals surface area contributed by atoms with Gasteiger partial charge in [-0.3, -0.25) is 14.6 Å². The second-order valence-electron chi connectivity index (χ2n) is 6.57. The molecule has 0 spiro atoms. The molecule has 2 aromatic rings. The third-order valence-corrected chi connectivity index (χ3v) is 4.15. The number of carboxylic acids is 1. The minimum Gasteiger partial charge on any atom is -0.481 e. The van der Waals surface area contributed by atoms with Crippen LogP contribution in [0.25, 0.3) is 0 Å². The Balaban J connectivity index is 1.91. The maximum atomic E-state index is 12.1. The lowest BCUT2D eigenvalue weighted by molar-refractivity contribution is -0.142. The van der Waals surface area contributed by atoms with Crippen molar-refractivity contribution >= 4 is 29.7 Å². The van der Waals surface area contributed by atoms with Gasteiger partial charge < -0.3 is 21.1 Å². The molecule has 28 heavy (non-hydrogen) atoms. The van der Waals surface area contributed by atoms with E-state index in [1.54, 1.807) is 49.3 Å². The van der Waals surface area contributed by atoms with E-state index < -0.39 is 17.9 Å². The highest BCUT2D eigenvalue weighted by Gasteiger charge is 2.24. The fourth-order valence-electron chi connectivity index (χ4n) is 2.59. The first-order valence-electron chi connectivity index (χ1n) is 8.87. The number of hydrogen-bond donors (Lipinski definition) is 3. The third-order valence-electron chi connectivity index (χ3n) is 4.15. The minimum absolute atomic E-state index is 0.102. The van der Waals surface area contributed by atoms with E-state index in [2.05, 4.69) is 15.3 Å². The fourth-order valence-corrected chi connectivity index (χ4v) is 2.59. The summed E-state index contributed by atoms with van der Waals surface area (Å²) in [5, 5.41) is 12.3. The standard InChI is InChI=1S/C20H25N5O3/c1-14(17(20(27)28)10-15-8-9-18(21)22-11-15)23-13-25(2)12-19(26)24-16-6-4-3-5-7-16/h3-9,11,13-14,17H,10,12H2,1-2H3,(H2,21,22)(H,24,26)(H,27,28). The van der Waals surface area contributed by atoms with Crippen LogP contribution in [0.2, 0.25) is 0 Å². The maximum absolute atomic E-state index is 12.1. The Bertz CT molecular complexity index is 808. The molecule has 0 aliphatic heterocycles. The number of aliphatic carboxylic acids is 1. The molecule has 4 N–H and O–H groups in total.